The molecule has 0 bridgehead atoms. The molecular weight excluding hydrogens is 330 g/mol. The molecule has 0 aliphatic rings. The first-order chi connectivity index (χ1) is 10.1. The van der Waals surface area contributed by atoms with E-state index in [-0.39, 0.29) is 16.4 Å². The van der Waals surface area contributed by atoms with Crippen molar-refractivity contribution in [2.24, 2.45) is 0 Å². The zero-order chi connectivity index (χ0) is 17.0. The third kappa shape index (κ3) is 4.93. The zero-order valence-corrected chi connectivity index (χ0v) is 13.8. The number of nitrogens with one attached hydrogen (secondary N) is 1. The predicted molar refractivity (Wildman–Crippen MR) is 80.5 cm³/mol. The van der Waals surface area contributed by atoms with Crippen molar-refractivity contribution in [2.75, 3.05) is 12.9 Å². The van der Waals surface area contributed by atoms with Crippen molar-refractivity contribution in [3.05, 3.63) is 36.9 Å². The van der Waals surface area contributed by atoms with Crippen LogP contribution in [0, 0.1) is 0 Å². The van der Waals surface area contributed by atoms with Crippen LogP contribution in [-0.4, -0.2) is 41.7 Å². The molecule has 1 N–H and O–H groups in total. The van der Waals surface area contributed by atoms with E-state index in [2.05, 4.69) is 6.58 Å². The van der Waals surface area contributed by atoms with E-state index in [0.717, 1.165) is 12.3 Å². The van der Waals surface area contributed by atoms with Crippen molar-refractivity contribution < 1.29 is 26.4 Å². The van der Waals surface area contributed by atoms with Crippen molar-refractivity contribution >= 4 is 25.8 Å². The zero-order valence-electron chi connectivity index (χ0n) is 12.1. The average molecular weight is 347 g/mol. The van der Waals surface area contributed by atoms with Crippen LogP contribution in [0.4, 0.5) is 0 Å². The molecule has 122 valence electrons. The first kappa shape index (κ1) is 18.3. The standard InChI is InChI=1S/C13H17NO6S2/c1-4-8-20-10(2)13(15)14-22(18,19)12-7-5-6-11(9-12)21(3,16)17/h4-7,9-10H,1,8H2,2-3H3,(H,14,15)/t10-/m0/s1. The summed E-state index contributed by atoms with van der Waals surface area (Å²) in [6.07, 6.45) is 1.39. The van der Waals surface area contributed by atoms with Crippen molar-refractivity contribution in [3.8, 4) is 0 Å². The summed E-state index contributed by atoms with van der Waals surface area (Å²) in [5, 5.41) is 0. The molecule has 1 aromatic rings. The number of ether oxygens (including phenoxy) is 1. The molecule has 7 nitrogen and oxygen atoms in total. The lowest BCUT2D eigenvalue weighted by atomic mass is 10.4. The van der Waals surface area contributed by atoms with Gasteiger partial charge < -0.3 is 4.74 Å². The molecule has 22 heavy (non-hydrogen) atoms. The number of benzene rings is 1. The third-order valence-corrected chi connectivity index (χ3v) is 5.07. The van der Waals surface area contributed by atoms with Crippen molar-refractivity contribution in [1.82, 2.24) is 4.72 Å². The summed E-state index contributed by atoms with van der Waals surface area (Å²) in [5.41, 5.74) is 0. The van der Waals surface area contributed by atoms with E-state index in [1.54, 1.807) is 0 Å². The number of carbonyl (C=O) groups excluding carboxylic acids is 1. The van der Waals surface area contributed by atoms with Gasteiger partial charge in [-0.2, -0.15) is 0 Å². The number of hydrogen-bond acceptors (Lipinski definition) is 6. The Morgan fingerprint density at radius 3 is 2.45 bits per heavy atom. The Morgan fingerprint density at radius 1 is 1.32 bits per heavy atom. The van der Waals surface area contributed by atoms with E-state index >= 15 is 0 Å². The van der Waals surface area contributed by atoms with Gasteiger partial charge in [0.15, 0.2) is 9.84 Å². The molecule has 0 aliphatic heterocycles. The third-order valence-electron chi connectivity index (χ3n) is 2.61. The second-order valence-electron chi connectivity index (χ2n) is 4.48. The molecule has 0 aromatic heterocycles. The Balaban J connectivity index is 3.00. The molecule has 1 aromatic carbocycles. The van der Waals surface area contributed by atoms with Gasteiger partial charge in [-0.15, -0.1) is 6.58 Å². The predicted octanol–water partition coefficient (Wildman–Crippen LogP) is 0.486. The highest BCUT2D eigenvalue weighted by Crippen LogP contribution is 2.15. The number of rotatable bonds is 7. The van der Waals surface area contributed by atoms with Crippen LogP contribution in [0.1, 0.15) is 6.92 Å². The molecule has 0 spiro atoms. The van der Waals surface area contributed by atoms with E-state index in [1.807, 2.05) is 4.72 Å². The average Bonchev–Trinajstić information content (AvgIpc) is 2.43. The van der Waals surface area contributed by atoms with Crippen LogP contribution < -0.4 is 4.72 Å². The molecule has 0 fully saturated rings. The number of sulfonamides is 1. The summed E-state index contributed by atoms with van der Waals surface area (Å²) in [7, 11) is -7.74. The molecule has 0 aliphatic carbocycles. The van der Waals surface area contributed by atoms with Crippen LogP contribution in [0.15, 0.2) is 46.7 Å². The first-order valence-electron chi connectivity index (χ1n) is 6.17. The summed E-state index contributed by atoms with van der Waals surface area (Å²) in [6.45, 7) is 4.90. The van der Waals surface area contributed by atoms with Gasteiger partial charge >= 0.3 is 0 Å². The van der Waals surface area contributed by atoms with Gasteiger partial charge in [0.05, 0.1) is 16.4 Å². The highest BCUT2D eigenvalue weighted by molar-refractivity contribution is 7.91. The molecule has 0 radical (unpaired) electrons. The Kier molecular flexibility index (Phi) is 5.86. The highest BCUT2D eigenvalue weighted by Gasteiger charge is 2.23. The minimum Gasteiger partial charge on any atom is -0.365 e. The fourth-order valence-corrected chi connectivity index (χ4v) is 3.26. The Hall–Kier alpha value is -1.71. The van der Waals surface area contributed by atoms with E-state index in [4.69, 9.17) is 4.74 Å². The number of carbonyl (C=O) groups is 1. The van der Waals surface area contributed by atoms with Gasteiger partial charge in [-0.25, -0.2) is 21.6 Å². The lowest BCUT2D eigenvalue weighted by Gasteiger charge is -2.13. The molecular formula is C13H17NO6S2. The van der Waals surface area contributed by atoms with Crippen LogP contribution in [0.5, 0.6) is 0 Å². The Labute approximate surface area is 130 Å². The monoisotopic (exact) mass is 347 g/mol. The quantitative estimate of drug-likeness (QED) is 0.719. The molecule has 0 heterocycles. The maximum atomic E-state index is 12.1. The van der Waals surface area contributed by atoms with E-state index < -0.39 is 31.9 Å². The maximum absolute atomic E-state index is 12.1. The lowest BCUT2D eigenvalue weighted by molar-refractivity contribution is -0.129. The number of amides is 1. The molecule has 0 saturated carbocycles. The van der Waals surface area contributed by atoms with Gasteiger partial charge in [0.1, 0.15) is 6.10 Å². The smallest absolute Gasteiger partial charge is 0.264 e. The maximum Gasteiger partial charge on any atom is 0.264 e. The number of sulfone groups is 1. The van der Waals surface area contributed by atoms with Crippen LogP contribution >= 0.6 is 0 Å². The van der Waals surface area contributed by atoms with Crippen LogP contribution in [0.3, 0.4) is 0 Å². The second kappa shape index (κ2) is 7.03. The minimum atomic E-state index is -4.18. The summed E-state index contributed by atoms with van der Waals surface area (Å²) < 4.78 is 54.0. The molecule has 0 saturated heterocycles. The van der Waals surface area contributed by atoms with Crippen molar-refractivity contribution in [3.63, 3.8) is 0 Å². The second-order valence-corrected chi connectivity index (χ2v) is 8.18. The molecule has 9 heteroatoms. The summed E-state index contributed by atoms with van der Waals surface area (Å²) in [6, 6.07) is 4.73. The molecule has 1 atom stereocenters. The van der Waals surface area contributed by atoms with Crippen LogP contribution in [0.25, 0.3) is 0 Å². The topological polar surface area (TPSA) is 107 Å². The Bertz CT molecular complexity index is 767. The lowest BCUT2D eigenvalue weighted by Crippen LogP contribution is -2.38. The summed E-state index contributed by atoms with van der Waals surface area (Å²) in [5.74, 6) is -0.855. The van der Waals surface area contributed by atoms with Gasteiger partial charge in [0.25, 0.3) is 15.9 Å². The molecule has 1 rings (SSSR count). The summed E-state index contributed by atoms with van der Waals surface area (Å²) >= 11 is 0. The van der Waals surface area contributed by atoms with Crippen LogP contribution in [-0.2, 0) is 29.4 Å². The Morgan fingerprint density at radius 2 is 1.91 bits per heavy atom. The van der Waals surface area contributed by atoms with Gasteiger partial charge in [-0.05, 0) is 25.1 Å². The minimum absolute atomic E-state index is 0.0954. The fourth-order valence-electron chi connectivity index (χ4n) is 1.43. The van der Waals surface area contributed by atoms with E-state index in [9.17, 15) is 21.6 Å². The highest BCUT2D eigenvalue weighted by atomic mass is 32.2. The van der Waals surface area contributed by atoms with Gasteiger partial charge in [0.2, 0.25) is 0 Å². The van der Waals surface area contributed by atoms with E-state index in [0.29, 0.717) is 0 Å². The van der Waals surface area contributed by atoms with Crippen molar-refractivity contribution in [1.29, 1.82) is 0 Å². The molecule has 1 amide bonds. The fraction of sp³-hybridized carbons (Fsp3) is 0.308. The number of hydrogen-bond donors (Lipinski definition) is 1. The SMILES string of the molecule is C=CCO[C@@H](C)C(=O)NS(=O)(=O)c1cccc(S(C)(=O)=O)c1. The largest absolute Gasteiger partial charge is 0.365 e. The van der Waals surface area contributed by atoms with Gasteiger partial charge in [-0.1, -0.05) is 12.1 Å². The van der Waals surface area contributed by atoms with Crippen LogP contribution in [0.2, 0.25) is 0 Å². The van der Waals surface area contributed by atoms with Crippen molar-refractivity contribution in [2.45, 2.75) is 22.8 Å². The molecule has 0 unspecified atom stereocenters. The van der Waals surface area contributed by atoms with Gasteiger partial charge in [0, 0.05) is 6.26 Å². The summed E-state index contributed by atoms with van der Waals surface area (Å²) in [4.78, 5) is 11.3. The van der Waals surface area contributed by atoms with E-state index in [1.165, 1.54) is 31.2 Å². The first-order valence-corrected chi connectivity index (χ1v) is 9.54. The van der Waals surface area contributed by atoms with Gasteiger partial charge in [-0.3, -0.25) is 4.79 Å². The normalized spacial score (nSPS) is 13.4.